The van der Waals surface area contributed by atoms with Crippen LogP contribution in [0.4, 0.5) is 4.79 Å². The van der Waals surface area contributed by atoms with E-state index in [1.165, 1.54) is 11.0 Å². The number of nitrogens with one attached hydrogen (secondary N) is 2. The Kier molecular flexibility index (Phi) is 12.1. The van der Waals surface area contributed by atoms with Crippen LogP contribution in [0.5, 0.6) is 0 Å². The second-order valence-electron chi connectivity index (χ2n) is 9.84. The highest BCUT2D eigenvalue weighted by Gasteiger charge is 2.36. The number of carbonyl (C=O) groups is 4. The van der Waals surface area contributed by atoms with Gasteiger partial charge in [-0.25, -0.2) is 4.79 Å². The van der Waals surface area contributed by atoms with E-state index >= 15 is 0 Å². The van der Waals surface area contributed by atoms with Gasteiger partial charge in [-0.2, -0.15) is 0 Å². The molecule has 0 saturated carbocycles. The largest absolute Gasteiger partial charge is 0.444 e. The van der Waals surface area contributed by atoms with Crippen molar-refractivity contribution in [3.8, 4) is 0 Å². The Morgan fingerprint density at radius 3 is 2.19 bits per heavy atom. The van der Waals surface area contributed by atoms with Crippen LogP contribution in [0.3, 0.4) is 0 Å². The third-order valence-electron chi connectivity index (χ3n) is 5.38. The van der Waals surface area contributed by atoms with Gasteiger partial charge in [0.05, 0.1) is 6.42 Å². The summed E-state index contributed by atoms with van der Waals surface area (Å²) in [5.41, 5.74) is 6.25. The Hall–Kier alpha value is -3.36. The number of benzene rings is 1. The van der Waals surface area contributed by atoms with Crippen molar-refractivity contribution in [2.45, 2.75) is 91.0 Å². The molecule has 1 aromatic rings. The SMILES string of the molecule is C=CCN(C(=O)C(CC(N)=O)NC(=O)OC(C)(C)C)C(C(=O)NC(C)CCC)c1ccc(CC)cc1. The van der Waals surface area contributed by atoms with Crippen molar-refractivity contribution in [2.24, 2.45) is 5.73 Å². The lowest BCUT2D eigenvalue weighted by Crippen LogP contribution is -2.54. The van der Waals surface area contributed by atoms with E-state index in [1.807, 2.05) is 32.9 Å². The summed E-state index contributed by atoms with van der Waals surface area (Å²) in [4.78, 5) is 52.8. The zero-order valence-corrected chi connectivity index (χ0v) is 22.4. The first-order valence-electron chi connectivity index (χ1n) is 12.4. The monoisotopic (exact) mass is 502 g/mol. The van der Waals surface area contributed by atoms with Crippen LogP contribution >= 0.6 is 0 Å². The summed E-state index contributed by atoms with van der Waals surface area (Å²) in [5, 5.41) is 5.43. The minimum atomic E-state index is -1.32. The molecule has 0 bridgehead atoms. The average molecular weight is 503 g/mol. The lowest BCUT2D eigenvalue weighted by molar-refractivity contribution is -0.143. The Balaban J connectivity index is 3.46. The number of rotatable bonds is 13. The maximum atomic E-state index is 13.7. The van der Waals surface area contributed by atoms with Gasteiger partial charge in [0.1, 0.15) is 17.7 Å². The number of hydrogen-bond acceptors (Lipinski definition) is 5. The molecule has 0 aromatic heterocycles. The fourth-order valence-electron chi connectivity index (χ4n) is 3.75. The fourth-order valence-corrected chi connectivity index (χ4v) is 3.75. The Morgan fingerprint density at radius 2 is 1.72 bits per heavy atom. The lowest BCUT2D eigenvalue weighted by Gasteiger charge is -2.34. The molecule has 9 heteroatoms. The zero-order chi connectivity index (χ0) is 27.5. The summed E-state index contributed by atoms with van der Waals surface area (Å²) < 4.78 is 5.26. The van der Waals surface area contributed by atoms with Crippen LogP contribution in [-0.2, 0) is 25.5 Å². The first-order chi connectivity index (χ1) is 16.8. The number of aryl methyl sites for hydroxylation is 1. The highest BCUT2D eigenvalue weighted by atomic mass is 16.6. The molecule has 0 radical (unpaired) electrons. The normalized spacial score (nSPS) is 13.6. The summed E-state index contributed by atoms with van der Waals surface area (Å²) in [7, 11) is 0. The van der Waals surface area contributed by atoms with E-state index in [4.69, 9.17) is 10.5 Å². The van der Waals surface area contributed by atoms with Crippen molar-refractivity contribution in [3.05, 3.63) is 48.0 Å². The third kappa shape index (κ3) is 10.1. The van der Waals surface area contributed by atoms with Gasteiger partial charge in [0.15, 0.2) is 0 Å². The minimum Gasteiger partial charge on any atom is -0.444 e. The molecule has 0 aliphatic carbocycles. The predicted molar refractivity (Wildman–Crippen MR) is 140 cm³/mol. The van der Waals surface area contributed by atoms with Gasteiger partial charge in [-0.3, -0.25) is 14.4 Å². The molecule has 0 aliphatic heterocycles. The Bertz CT molecular complexity index is 908. The molecule has 0 fully saturated rings. The first-order valence-corrected chi connectivity index (χ1v) is 12.4. The van der Waals surface area contributed by atoms with Gasteiger partial charge in [-0.05, 0) is 51.7 Å². The second-order valence-corrected chi connectivity index (χ2v) is 9.84. The van der Waals surface area contributed by atoms with Crippen LogP contribution < -0.4 is 16.4 Å². The number of nitrogens with zero attached hydrogens (tertiary/aromatic N) is 1. The first kappa shape index (κ1) is 30.7. The van der Waals surface area contributed by atoms with Gasteiger partial charge in [-0.15, -0.1) is 6.58 Å². The maximum absolute atomic E-state index is 13.7. The summed E-state index contributed by atoms with van der Waals surface area (Å²) >= 11 is 0. The summed E-state index contributed by atoms with van der Waals surface area (Å²) in [6, 6.07) is 4.97. The van der Waals surface area contributed by atoms with Crippen LogP contribution in [0.2, 0.25) is 0 Å². The summed E-state index contributed by atoms with van der Waals surface area (Å²) in [6.07, 6.45) is 2.63. The summed E-state index contributed by atoms with van der Waals surface area (Å²) in [6.45, 7) is 14.7. The smallest absolute Gasteiger partial charge is 0.408 e. The lowest BCUT2D eigenvalue weighted by atomic mass is 9.99. The van der Waals surface area contributed by atoms with E-state index in [1.54, 1.807) is 32.9 Å². The molecule has 4 N–H and O–H groups in total. The van der Waals surface area contributed by atoms with E-state index in [-0.39, 0.29) is 18.5 Å². The maximum Gasteiger partial charge on any atom is 0.408 e. The standard InChI is InChI=1S/C27H42N4O5/c1-8-11-18(4)29-24(33)23(20-14-12-19(10-3)13-15-20)31(16-9-2)25(34)21(17-22(28)32)30-26(35)36-27(5,6)7/h9,12-15,18,21,23H,2,8,10-11,16-17H2,1,3-7H3,(H2,28,32)(H,29,33)(H,30,35). The number of hydrogen-bond donors (Lipinski definition) is 3. The van der Waals surface area contributed by atoms with Crippen molar-refractivity contribution in [1.82, 2.24) is 15.5 Å². The molecule has 1 rings (SSSR count). The molecule has 0 aliphatic rings. The molecule has 1 aromatic carbocycles. The number of amides is 4. The number of primary amides is 1. The van der Waals surface area contributed by atoms with Crippen molar-refractivity contribution in [3.63, 3.8) is 0 Å². The van der Waals surface area contributed by atoms with Crippen LogP contribution in [-0.4, -0.2) is 52.9 Å². The Morgan fingerprint density at radius 1 is 1.11 bits per heavy atom. The van der Waals surface area contributed by atoms with Crippen LogP contribution in [0.15, 0.2) is 36.9 Å². The number of alkyl carbamates (subject to hydrolysis) is 1. The fraction of sp³-hybridized carbons (Fsp3) is 0.556. The molecule has 0 spiro atoms. The summed E-state index contributed by atoms with van der Waals surface area (Å²) in [5.74, 6) is -1.80. The van der Waals surface area contributed by atoms with Crippen LogP contribution in [0.25, 0.3) is 0 Å². The molecule has 0 saturated heterocycles. The van der Waals surface area contributed by atoms with Crippen LogP contribution in [0, 0.1) is 0 Å². The molecule has 36 heavy (non-hydrogen) atoms. The van der Waals surface area contributed by atoms with E-state index in [0.29, 0.717) is 5.56 Å². The van der Waals surface area contributed by atoms with Gasteiger partial charge in [0.25, 0.3) is 0 Å². The van der Waals surface area contributed by atoms with Gasteiger partial charge < -0.3 is 26.0 Å². The molecule has 4 amide bonds. The van der Waals surface area contributed by atoms with Crippen molar-refractivity contribution in [1.29, 1.82) is 0 Å². The van der Waals surface area contributed by atoms with E-state index < -0.39 is 42.0 Å². The van der Waals surface area contributed by atoms with Crippen molar-refractivity contribution < 1.29 is 23.9 Å². The molecular formula is C27H42N4O5. The minimum absolute atomic E-state index is 0.000131. The van der Waals surface area contributed by atoms with E-state index in [9.17, 15) is 19.2 Å². The van der Waals surface area contributed by atoms with Crippen molar-refractivity contribution in [2.75, 3.05) is 6.54 Å². The molecular weight excluding hydrogens is 460 g/mol. The average Bonchev–Trinajstić information content (AvgIpc) is 2.76. The predicted octanol–water partition coefficient (Wildman–Crippen LogP) is 3.38. The zero-order valence-electron chi connectivity index (χ0n) is 22.4. The number of nitrogens with two attached hydrogens (primary N) is 1. The van der Waals surface area contributed by atoms with E-state index in [2.05, 4.69) is 17.2 Å². The van der Waals surface area contributed by atoms with Gasteiger partial charge >= 0.3 is 6.09 Å². The number of carbonyl (C=O) groups excluding carboxylic acids is 4. The molecule has 9 nitrogen and oxygen atoms in total. The number of ether oxygens (including phenoxy) is 1. The Labute approximate surface area is 214 Å². The van der Waals surface area contributed by atoms with E-state index in [0.717, 1.165) is 24.8 Å². The highest BCUT2D eigenvalue weighted by Crippen LogP contribution is 2.24. The molecule has 3 atom stereocenters. The third-order valence-corrected chi connectivity index (χ3v) is 5.38. The van der Waals surface area contributed by atoms with Gasteiger partial charge in [0, 0.05) is 12.6 Å². The highest BCUT2D eigenvalue weighted by molar-refractivity contribution is 5.94. The second kappa shape index (κ2) is 14.3. The molecule has 3 unspecified atom stereocenters. The topological polar surface area (TPSA) is 131 Å². The quantitative estimate of drug-likeness (QED) is 0.356. The molecule has 200 valence electrons. The van der Waals surface area contributed by atoms with Gasteiger partial charge in [0.2, 0.25) is 17.7 Å². The van der Waals surface area contributed by atoms with Gasteiger partial charge in [-0.1, -0.05) is 50.6 Å². The van der Waals surface area contributed by atoms with Crippen LogP contribution in [0.1, 0.15) is 78.0 Å². The van der Waals surface area contributed by atoms with Crippen molar-refractivity contribution >= 4 is 23.8 Å². The molecule has 0 heterocycles.